The van der Waals surface area contributed by atoms with Gasteiger partial charge in [-0.15, -0.1) is 11.3 Å². The number of nitrogens with zero attached hydrogens (tertiary/aromatic N) is 2. The number of amides is 1. The van der Waals surface area contributed by atoms with E-state index in [1.54, 1.807) is 11.3 Å². The van der Waals surface area contributed by atoms with Gasteiger partial charge in [0.2, 0.25) is 0 Å². The minimum atomic E-state index is 0.151. The van der Waals surface area contributed by atoms with E-state index < -0.39 is 0 Å². The first-order valence-corrected chi connectivity index (χ1v) is 9.05. The summed E-state index contributed by atoms with van der Waals surface area (Å²) in [5, 5.41) is 0. The van der Waals surface area contributed by atoms with Gasteiger partial charge in [0, 0.05) is 43.2 Å². The van der Waals surface area contributed by atoms with Crippen molar-refractivity contribution in [3.63, 3.8) is 0 Å². The van der Waals surface area contributed by atoms with Crippen LogP contribution in [-0.2, 0) is 6.54 Å². The van der Waals surface area contributed by atoms with Crippen molar-refractivity contribution in [3.05, 3.63) is 56.2 Å². The van der Waals surface area contributed by atoms with E-state index in [4.69, 9.17) is 0 Å². The Balaban J connectivity index is 1.55. The fraction of sp³-hybridized carbons (Fsp3) is 0.353. The topological polar surface area (TPSA) is 23.6 Å². The maximum Gasteiger partial charge on any atom is 0.253 e. The number of halogens is 1. The molecule has 2 aromatic rings. The Morgan fingerprint density at radius 2 is 1.77 bits per heavy atom. The van der Waals surface area contributed by atoms with Gasteiger partial charge in [-0.05, 0) is 47.1 Å². The van der Waals surface area contributed by atoms with Crippen molar-refractivity contribution in [2.45, 2.75) is 13.5 Å². The van der Waals surface area contributed by atoms with Crippen molar-refractivity contribution >= 4 is 33.2 Å². The molecule has 1 fully saturated rings. The van der Waals surface area contributed by atoms with Gasteiger partial charge in [-0.1, -0.05) is 17.7 Å². The smallest absolute Gasteiger partial charge is 0.253 e. The van der Waals surface area contributed by atoms with Crippen LogP contribution in [0.3, 0.4) is 0 Å². The van der Waals surface area contributed by atoms with E-state index in [1.807, 2.05) is 36.1 Å². The SMILES string of the molecule is Cc1ccc(C(=O)N2CCN(Cc3ccc(Br)s3)CC2)cc1. The number of hydrogen-bond acceptors (Lipinski definition) is 3. The molecular weight excluding hydrogens is 360 g/mol. The minimum absolute atomic E-state index is 0.151. The highest BCUT2D eigenvalue weighted by atomic mass is 79.9. The summed E-state index contributed by atoms with van der Waals surface area (Å²) in [4.78, 5) is 18.2. The lowest BCUT2D eigenvalue weighted by Gasteiger charge is -2.34. The fourth-order valence-electron chi connectivity index (χ4n) is 2.64. The van der Waals surface area contributed by atoms with Crippen LogP contribution in [-0.4, -0.2) is 41.9 Å². The summed E-state index contributed by atoms with van der Waals surface area (Å²) in [5.41, 5.74) is 1.98. The summed E-state index contributed by atoms with van der Waals surface area (Å²) in [5.74, 6) is 0.151. The number of carbonyl (C=O) groups is 1. The molecule has 2 heterocycles. The van der Waals surface area contributed by atoms with Gasteiger partial charge < -0.3 is 4.90 Å². The molecule has 1 aromatic heterocycles. The van der Waals surface area contributed by atoms with Crippen LogP contribution in [0.5, 0.6) is 0 Å². The third-order valence-corrected chi connectivity index (χ3v) is 5.57. The molecule has 0 bridgehead atoms. The summed E-state index contributed by atoms with van der Waals surface area (Å²) in [7, 11) is 0. The third kappa shape index (κ3) is 3.77. The molecule has 116 valence electrons. The van der Waals surface area contributed by atoms with Crippen molar-refractivity contribution in [2.24, 2.45) is 0 Å². The van der Waals surface area contributed by atoms with Crippen LogP contribution in [0.15, 0.2) is 40.2 Å². The van der Waals surface area contributed by atoms with E-state index in [-0.39, 0.29) is 5.91 Å². The number of benzene rings is 1. The second-order valence-corrected chi connectivity index (χ2v) is 8.19. The largest absolute Gasteiger partial charge is 0.336 e. The number of aryl methyl sites for hydroxylation is 1. The molecule has 1 saturated heterocycles. The van der Waals surface area contributed by atoms with Crippen molar-refractivity contribution in [1.82, 2.24) is 9.80 Å². The predicted molar refractivity (Wildman–Crippen MR) is 94.4 cm³/mol. The maximum atomic E-state index is 12.5. The van der Waals surface area contributed by atoms with E-state index >= 15 is 0 Å². The van der Waals surface area contributed by atoms with Crippen molar-refractivity contribution in [1.29, 1.82) is 0 Å². The Bertz CT molecular complexity index is 645. The van der Waals surface area contributed by atoms with Crippen LogP contribution in [0.4, 0.5) is 0 Å². The van der Waals surface area contributed by atoms with Crippen LogP contribution < -0.4 is 0 Å². The van der Waals surface area contributed by atoms with Crippen LogP contribution >= 0.6 is 27.3 Å². The molecule has 5 heteroatoms. The number of thiophene rings is 1. The predicted octanol–water partition coefficient (Wildman–Crippen LogP) is 3.78. The number of carbonyl (C=O) groups excluding carboxylic acids is 1. The van der Waals surface area contributed by atoms with Crippen molar-refractivity contribution in [3.8, 4) is 0 Å². The Kier molecular flexibility index (Phi) is 4.96. The van der Waals surface area contributed by atoms with Gasteiger partial charge in [0.25, 0.3) is 5.91 Å². The van der Waals surface area contributed by atoms with Gasteiger partial charge in [-0.25, -0.2) is 0 Å². The first kappa shape index (κ1) is 15.7. The zero-order chi connectivity index (χ0) is 15.5. The zero-order valence-electron chi connectivity index (χ0n) is 12.6. The quantitative estimate of drug-likeness (QED) is 0.811. The van der Waals surface area contributed by atoms with E-state index in [1.165, 1.54) is 14.2 Å². The third-order valence-electron chi connectivity index (χ3n) is 3.97. The highest BCUT2D eigenvalue weighted by Crippen LogP contribution is 2.23. The molecule has 3 rings (SSSR count). The van der Waals surface area contributed by atoms with Gasteiger partial charge in [0.1, 0.15) is 0 Å². The number of rotatable bonds is 3. The lowest BCUT2D eigenvalue weighted by Crippen LogP contribution is -2.48. The summed E-state index contributed by atoms with van der Waals surface area (Å²) in [6.07, 6.45) is 0. The molecule has 0 radical (unpaired) electrons. The van der Waals surface area contributed by atoms with E-state index in [9.17, 15) is 4.79 Å². The highest BCUT2D eigenvalue weighted by Gasteiger charge is 2.22. The Morgan fingerprint density at radius 3 is 2.36 bits per heavy atom. The number of piperazine rings is 1. The van der Waals surface area contributed by atoms with Gasteiger partial charge in [-0.2, -0.15) is 0 Å². The van der Waals surface area contributed by atoms with Gasteiger partial charge in [0.05, 0.1) is 3.79 Å². The molecule has 0 spiro atoms. The molecule has 1 aliphatic heterocycles. The Labute approximate surface area is 143 Å². The second-order valence-electron chi connectivity index (χ2n) is 5.64. The molecule has 1 amide bonds. The van der Waals surface area contributed by atoms with E-state index in [0.29, 0.717) is 0 Å². The molecule has 1 aliphatic rings. The van der Waals surface area contributed by atoms with Crippen LogP contribution in [0.2, 0.25) is 0 Å². The molecule has 1 aromatic carbocycles. The van der Waals surface area contributed by atoms with Crippen LogP contribution in [0.1, 0.15) is 20.8 Å². The summed E-state index contributed by atoms with van der Waals surface area (Å²) in [6.45, 7) is 6.50. The molecule has 3 nitrogen and oxygen atoms in total. The average molecular weight is 379 g/mol. The standard InChI is InChI=1S/C17H19BrN2OS/c1-13-2-4-14(5-3-13)17(21)20-10-8-19(9-11-20)12-15-6-7-16(18)22-15/h2-7H,8-12H2,1H3. The molecular formula is C17H19BrN2OS. The lowest BCUT2D eigenvalue weighted by molar-refractivity contribution is 0.0629. The second kappa shape index (κ2) is 6.94. The average Bonchev–Trinajstić information content (AvgIpc) is 2.93. The molecule has 0 atom stereocenters. The highest BCUT2D eigenvalue weighted by molar-refractivity contribution is 9.11. The van der Waals surface area contributed by atoms with Crippen molar-refractivity contribution in [2.75, 3.05) is 26.2 Å². The van der Waals surface area contributed by atoms with Gasteiger partial charge in [-0.3, -0.25) is 9.69 Å². The van der Waals surface area contributed by atoms with E-state index in [2.05, 4.69) is 33.0 Å². The summed E-state index contributed by atoms with van der Waals surface area (Å²) in [6, 6.07) is 12.1. The first-order valence-electron chi connectivity index (χ1n) is 7.44. The van der Waals surface area contributed by atoms with E-state index in [0.717, 1.165) is 38.3 Å². The maximum absolute atomic E-state index is 12.5. The van der Waals surface area contributed by atoms with Gasteiger partial charge in [0.15, 0.2) is 0 Å². The molecule has 22 heavy (non-hydrogen) atoms. The Morgan fingerprint density at radius 1 is 1.09 bits per heavy atom. The summed E-state index contributed by atoms with van der Waals surface area (Å²) < 4.78 is 1.18. The van der Waals surface area contributed by atoms with Gasteiger partial charge >= 0.3 is 0 Å². The summed E-state index contributed by atoms with van der Waals surface area (Å²) >= 11 is 5.28. The number of hydrogen-bond donors (Lipinski definition) is 0. The molecule has 0 N–H and O–H groups in total. The van der Waals surface area contributed by atoms with Crippen LogP contribution in [0, 0.1) is 6.92 Å². The molecule has 0 saturated carbocycles. The molecule has 0 aliphatic carbocycles. The van der Waals surface area contributed by atoms with Crippen molar-refractivity contribution < 1.29 is 4.79 Å². The first-order chi connectivity index (χ1) is 10.6. The molecule has 0 unspecified atom stereocenters. The monoisotopic (exact) mass is 378 g/mol. The minimum Gasteiger partial charge on any atom is -0.336 e. The zero-order valence-corrected chi connectivity index (χ0v) is 15.0. The Hall–Kier alpha value is -1.17. The normalized spacial score (nSPS) is 16.0. The fourth-order valence-corrected chi connectivity index (χ4v) is 4.17. The van der Waals surface area contributed by atoms with Crippen LogP contribution in [0.25, 0.3) is 0 Å². The lowest BCUT2D eigenvalue weighted by atomic mass is 10.1.